The maximum absolute atomic E-state index is 12.4. The smallest absolute Gasteiger partial charge is 0.379 e. The lowest BCUT2D eigenvalue weighted by Gasteiger charge is -2.08. The van der Waals surface area contributed by atoms with Gasteiger partial charge in [-0.15, -0.1) is 0 Å². The highest BCUT2D eigenvalue weighted by Crippen LogP contribution is 2.25. The third-order valence-electron chi connectivity index (χ3n) is 2.28. The number of nitrogens with zero attached hydrogens (tertiary/aromatic N) is 2. The fourth-order valence-electron chi connectivity index (χ4n) is 1.39. The summed E-state index contributed by atoms with van der Waals surface area (Å²) in [7, 11) is 0. The van der Waals surface area contributed by atoms with Crippen molar-refractivity contribution in [3.8, 4) is 0 Å². The molecule has 0 amide bonds. The molecule has 0 aliphatic heterocycles. The molecule has 100 valence electrons. The van der Waals surface area contributed by atoms with Gasteiger partial charge in [0.05, 0.1) is 12.2 Å². The Morgan fingerprint density at radius 3 is 2.42 bits per heavy atom. The highest BCUT2D eigenvalue weighted by Gasteiger charge is 2.34. The van der Waals surface area contributed by atoms with Gasteiger partial charge in [-0.05, 0) is 30.3 Å². The van der Waals surface area contributed by atoms with Crippen LogP contribution >= 0.6 is 11.6 Å². The molecule has 1 N–H and O–H groups in total. The van der Waals surface area contributed by atoms with Gasteiger partial charge in [-0.2, -0.15) is 13.2 Å². The van der Waals surface area contributed by atoms with Gasteiger partial charge in [0.2, 0.25) is 5.82 Å². The molecule has 2 rings (SSSR count). The lowest BCUT2D eigenvalue weighted by atomic mass is 10.3. The van der Waals surface area contributed by atoms with Crippen LogP contribution in [-0.2, 0) is 12.7 Å². The van der Waals surface area contributed by atoms with Crippen molar-refractivity contribution >= 4 is 17.3 Å². The molecule has 0 atom stereocenters. The van der Waals surface area contributed by atoms with E-state index in [1.165, 1.54) is 6.07 Å². The molecule has 0 saturated carbocycles. The van der Waals surface area contributed by atoms with Gasteiger partial charge in [0.1, 0.15) is 0 Å². The molecule has 1 aromatic heterocycles. The van der Waals surface area contributed by atoms with Crippen LogP contribution < -0.4 is 5.32 Å². The molecule has 0 fully saturated rings. The number of alkyl halides is 3. The summed E-state index contributed by atoms with van der Waals surface area (Å²) in [5.41, 5.74) is 1.01. The van der Waals surface area contributed by atoms with Crippen molar-refractivity contribution in [1.29, 1.82) is 0 Å². The fourth-order valence-corrected chi connectivity index (χ4v) is 1.52. The maximum atomic E-state index is 12.4. The number of nitrogens with one attached hydrogen (secondary N) is 1. The summed E-state index contributed by atoms with van der Waals surface area (Å²) in [5, 5.41) is 3.54. The zero-order valence-electron chi connectivity index (χ0n) is 9.58. The lowest BCUT2D eigenvalue weighted by Crippen LogP contribution is -2.13. The van der Waals surface area contributed by atoms with Gasteiger partial charge in [-0.25, -0.2) is 9.97 Å². The molecule has 3 nitrogen and oxygen atoms in total. The quantitative estimate of drug-likeness (QED) is 0.934. The Bertz CT molecular complexity index is 555. The Balaban J connectivity index is 2.05. The zero-order chi connectivity index (χ0) is 13.9. The highest BCUT2D eigenvalue weighted by molar-refractivity contribution is 6.30. The third-order valence-corrected chi connectivity index (χ3v) is 2.54. The van der Waals surface area contributed by atoms with Gasteiger partial charge in [-0.3, -0.25) is 0 Å². The molecule has 0 aliphatic rings. The molecule has 2 aromatic rings. The van der Waals surface area contributed by atoms with Gasteiger partial charge in [0.15, 0.2) is 0 Å². The number of halogens is 4. The van der Waals surface area contributed by atoms with E-state index in [4.69, 9.17) is 11.6 Å². The Kier molecular flexibility index (Phi) is 3.90. The van der Waals surface area contributed by atoms with Crippen molar-refractivity contribution in [2.24, 2.45) is 0 Å². The van der Waals surface area contributed by atoms with Crippen LogP contribution in [0.25, 0.3) is 0 Å². The van der Waals surface area contributed by atoms with Gasteiger partial charge >= 0.3 is 6.18 Å². The molecule has 1 heterocycles. The first-order valence-corrected chi connectivity index (χ1v) is 5.71. The van der Waals surface area contributed by atoms with Crippen LogP contribution in [0.4, 0.5) is 18.9 Å². The van der Waals surface area contributed by atoms with Crippen LogP contribution in [0.15, 0.2) is 36.5 Å². The largest absolute Gasteiger partial charge is 0.451 e. The molecule has 1 aromatic carbocycles. The normalized spacial score (nSPS) is 11.4. The van der Waals surface area contributed by atoms with Crippen LogP contribution in [0, 0.1) is 0 Å². The Morgan fingerprint density at radius 2 is 1.79 bits per heavy atom. The predicted molar refractivity (Wildman–Crippen MR) is 65.8 cm³/mol. The standard InChI is InChI=1S/C12H9ClF3N3/c13-8-1-3-9(4-2-8)18-7-10-5-6-17-11(19-10)12(14,15)16/h1-6,18H,7H2. The summed E-state index contributed by atoms with van der Waals surface area (Å²) in [4.78, 5) is 6.65. The van der Waals surface area contributed by atoms with Crippen LogP contribution in [0.3, 0.4) is 0 Å². The number of benzene rings is 1. The van der Waals surface area contributed by atoms with E-state index >= 15 is 0 Å². The van der Waals surface area contributed by atoms with E-state index in [9.17, 15) is 13.2 Å². The maximum Gasteiger partial charge on any atom is 0.451 e. The monoisotopic (exact) mass is 287 g/mol. The molecule has 0 saturated heterocycles. The summed E-state index contributed by atoms with van der Waals surface area (Å²) >= 11 is 5.73. The van der Waals surface area contributed by atoms with E-state index in [2.05, 4.69) is 15.3 Å². The topological polar surface area (TPSA) is 37.8 Å². The van der Waals surface area contributed by atoms with Crippen molar-refractivity contribution in [3.05, 3.63) is 53.1 Å². The van der Waals surface area contributed by atoms with Crippen molar-refractivity contribution < 1.29 is 13.2 Å². The van der Waals surface area contributed by atoms with Gasteiger partial charge in [0, 0.05) is 16.9 Å². The second kappa shape index (κ2) is 5.44. The van der Waals surface area contributed by atoms with E-state index in [-0.39, 0.29) is 12.2 Å². The summed E-state index contributed by atoms with van der Waals surface area (Å²) in [5.74, 6) is -1.14. The number of rotatable bonds is 3. The molecule has 7 heteroatoms. The Labute approximate surface area is 112 Å². The molecule has 0 aliphatic carbocycles. The van der Waals surface area contributed by atoms with Crippen LogP contribution in [0.5, 0.6) is 0 Å². The minimum absolute atomic E-state index is 0.174. The molecule has 0 spiro atoms. The van der Waals surface area contributed by atoms with Gasteiger partial charge in [0.25, 0.3) is 0 Å². The lowest BCUT2D eigenvalue weighted by molar-refractivity contribution is -0.145. The van der Waals surface area contributed by atoms with Crippen LogP contribution in [-0.4, -0.2) is 9.97 Å². The fraction of sp³-hybridized carbons (Fsp3) is 0.167. The van der Waals surface area contributed by atoms with E-state index in [1.807, 2.05) is 0 Å². The summed E-state index contributed by atoms with van der Waals surface area (Å²) < 4.78 is 37.2. The first-order valence-electron chi connectivity index (χ1n) is 5.34. The van der Waals surface area contributed by atoms with Crippen molar-refractivity contribution in [1.82, 2.24) is 9.97 Å². The molecule has 19 heavy (non-hydrogen) atoms. The number of anilines is 1. The summed E-state index contributed by atoms with van der Waals surface area (Å²) in [6, 6.07) is 8.26. The molecule has 0 radical (unpaired) electrons. The van der Waals surface area contributed by atoms with E-state index in [0.29, 0.717) is 5.02 Å². The molecular formula is C12H9ClF3N3. The van der Waals surface area contributed by atoms with E-state index in [0.717, 1.165) is 11.9 Å². The van der Waals surface area contributed by atoms with Gasteiger partial charge < -0.3 is 5.32 Å². The second-order valence-corrected chi connectivity index (χ2v) is 4.17. The third kappa shape index (κ3) is 3.82. The minimum Gasteiger partial charge on any atom is -0.379 e. The SMILES string of the molecule is FC(F)(F)c1nccc(CNc2ccc(Cl)cc2)n1. The number of hydrogen-bond acceptors (Lipinski definition) is 3. The average Bonchev–Trinajstić information content (AvgIpc) is 2.37. The van der Waals surface area contributed by atoms with E-state index < -0.39 is 12.0 Å². The van der Waals surface area contributed by atoms with E-state index in [1.54, 1.807) is 24.3 Å². The average molecular weight is 288 g/mol. The number of hydrogen-bond donors (Lipinski definition) is 1. The first-order chi connectivity index (χ1) is 8.95. The van der Waals surface area contributed by atoms with Crippen molar-refractivity contribution in [3.63, 3.8) is 0 Å². The van der Waals surface area contributed by atoms with Crippen molar-refractivity contribution in [2.45, 2.75) is 12.7 Å². The second-order valence-electron chi connectivity index (χ2n) is 3.73. The van der Waals surface area contributed by atoms with Crippen molar-refractivity contribution in [2.75, 3.05) is 5.32 Å². The van der Waals surface area contributed by atoms with Gasteiger partial charge in [-0.1, -0.05) is 11.6 Å². The van der Waals surface area contributed by atoms with Crippen LogP contribution in [0.2, 0.25) is 5.02 Å². The highest BCUT2D eigenvalue weighted by atomic mass is 35.5. The Hall–Kier alpha value is -1.82. The zero-order valence-corrected chi connectivity index (χ0v) is 10.3. The summed E-state index contributed by atoms with van der Waals surface area (Å²) in [6.45, 7) is 0.174. The molecule has 0 bridgehead atoms. The number of aromatic nitrogens is 2. The first kappa shape index (κ1) is 13.6. The van der Waals surface area contributed by atoms with Crippen LogP contribution in [0.1, 0.15) is 11.5 Å². The minimum atomic E-state index is -4.53. The summed E-state index contributed by atoms with van der Waals surface area (Å²) in [6.07, 6.45) is -3.44. The predicted octanol–water partition coefficient (Wildman–Crippen LogP) is 3.76. The Morgan fingerprint density at radius 1 is 1.11 bits per heavy atom. The molecule has 0 unspecified atom stereocenters. The molecular weight excluding hydrogens is 279 g/mol.